The Balaban J connectivity index is 1.79. The molecule has 0 radical (unpaired) electrons. The van der Waals surface area contributed by atoms with Gasteiger partial charge in [0.1, 0.15) is 0 Å². The predicted octanol–water partition coefficient (Wildman–Crippen LogP) is 2.76. The Morgan fingerprint density at radius 2 is 2.10 bits per heavy atom. The molecule has 0 spiro atoms. The van der Waals surface area contributed by atoms with Crippen molar-refractivity contribution >= 4 is 25.2 Å². The second kappa shape index (κ2) is 7.78. The minimum absolute atomic E-state index is 0.00665. The van der Waals surface area contributed by atoms with Gasteiger partial charge in [0.25, 0.3) is 0 Å². The normalized spacial score (nSPS) is 22.4. The number of rotatable bonds is 6. The fourth-order valence-electron chi connectivity index (χ4n) is 2.49. The molecule has 0 aromatic heterocycles. The van der Waals surface area contributed by atoms with E-state index >= 15 is 0 Å². The van der Waals surface area contributed by atoms with E-state index in [9.17, 15) is 4.79 Å². The molecule has 0 bridgehead atoms. The van der Waals surface area contributed by atoms with E-state index in [0.29, 0.717) is 15.0 Å². The summed E-state index contributed by atoms with van der Waals surface area (Å²) in [6.45, 7) is 4.55. The van der Waals surface area contributed by atoms with E-state index in [-0.39, 0.29) is 17.8 Å². The number of benzene rings is 1. The Kier molecular flexibility index (Phi) is 6.03. The van der Waals surface area contributed by atoms with Crippen LogP contribution in [0.4, 0.5) is 0 Å². The molecule has 0 heterocycles. The number of hydrogen-bond acceptors (Lipinski definition) is 2. The summed E-state index contributed by atoms with van der Waals surface area (Å²) in [4.78, 5) is 11.7. The van der Waals surface area contributed by atoms with Gasteiger partial charge in [0, 0.05) is 0 Å². The number of ketones is 1. The Hall–Kier alpha value is -0.891. The van der Waals surface area contributed by atoms with Crippen LogP contribution in [-0.4, -0.2) is 33.5 Å². The summed E-state index contributed by atoms with van der Waals surface area (Å²) in [6.07, 6.45) is 4.10. The van der Waals surface area contributed by atoms with E-state index in [1.807, 2.05) is 6.07 Å². The molecule has 1 aliphatic rings. The van der Waals surface area contributed by atoms with Crippen molar-refractivity contribution in [2.24, 2.45) is 5.92 Å². The first-order valence-corrected chi connectivity index (χ1v) is 9.21. The van der Waals surface area contributed by atoms with Crippen molar-refractivity contribution in [2.75, 3.05) is 6.61 Å². The molecule has 0 amide bonds. The molecule has 2 rings (SSSR count). The third-order valence-electron chi connectivity index (χ3n) is 3.62. The van der Waals surface area contributed by atoms with Crippen LogP contribution in [0.15, 0.2) is 42.0 Å². The molecule has 0 N–H and O–H groups in total. The Bertz CT molecular complexity index is 467. The standard InChI is InChI=1S/C17H22O2Se/c1-13-8-9-16(14(2)18)17(12-13)19-10-11-20-15-6-4-3-5-7-15/h3-7,12,16-17H,8-11H2,1-2H3. The van der Waals surface area contributed by atoms with Crippen molar-refractivity contribution in [3.8, 4) is 0 Å². The number of ether oxygens (including phenoxy) is 1. The molecule has 3 heteroatoms. The number of Topliss-reactive ketones (excluding diaryl/α,β-unsaturated/α-hetero) is 1. The Labute approximate surface area is 127 Å². The number of carbonyl (C=O) groups is 1. The van der Waals surface area contributed by atoms with Gasteiger partial charge in [0.05, 0.1) is 0 Å². The number of carbonyl (C=O) groups excluding carboxylic acids is 1. The summed E-state index contributed by atoms with van der Waals surface area (Å²) in [5.41, 5.74) is 1.35. The minimum atomic E-state index is -0.00665. The predicted molar refractivity (Wildman–Crippen MR) is 83.5 cm³/mol. The zero-order valence-corrected chi connectivity index (χ0v) is 13.9. The van der Waals surface area contributed by atoms with Gasteiger partial charge in [0.15, 0.2) is 0 Å². The zero-order valence-electron chi connectivity index (χ0n) is 12.2. The van der Waals surface area contributed by atoms with Gasteiger partial charge in [-0.05, 0) is 0 Å². The van der Waals surface area contributed by atoms with E-state index in [4.69, 9.17) is 4.74 Å². The molecule has 1 aromatic carbocycles. The van der Waals surface area contributed by atoms with Gasteiger partial charge in [-0.3, -0.25) is 0 Å². The van der Waals surface area contributed by atoms with E-state index in [2.05, 4.69) is 37.3 Å². The summed E-state index contributed by atoms with van der Waals surface area (Å²) in [5.74, 6) is 0.315. The van der Waals surface area contributed by atoms with Gasteiger partial charge in [-0.1, -0.05) is 0 Å². The van der Waals surface area contributed by atoms with Crippen LogP contribution >= 0.6 is 0 Å². The van der Waals surface area contributed by atoms with E-state index in [1.165, 1.54) is 10.0 Å². The first-order chi connectivity index (χ1) is 9.66. The van der Waals surface area contributed by atoms with Gasteiger partial charge in [-0.15, -0.1) is 0 Å². The number of hydrogen-bond donors (Lipinski definition) is 0. The molecule has 108 valence electrons. The van der Waals surface area contributed by atoms with Crippen molar-refractivity contribution in [3.63, 3.8) is 0 Å². The molecule has 2 nitrogen and oxygen atoms in total. The van der Waals surface area contributed by atoms with Crippen LogP contribution in [0.5, 0.6) is 0 Å². The van der Waals surface area contributed by atoms with Crippen LogP contribution < -0.4 is 4.46 Å². The van der Waals surface area contributed by atoms with E-state index in [0.717, 1.165) is 24.8 Å². The SMILES string of the molecule is CC(=O)C1CCC(C)=CC1OCC[Se]c1ccccc1. The van der Waals surface area contributed by atoms with Gasteiger partial charge in [-0.2, -0.15) is 0 Å². The average Bonchev–Trinajstić information content (AvgIpc) is 2.44. The van der Waals surface area contributed by atoms with Crippen molar-refractivity contribution < 1.29 is 9.53 Å². The topological polar surface area (TPSA) is 26.3 Å². The van der Waals surface area contributed by atoms with Crippen molar-refractivity contribution in [1.29, 1.82) is 0 Å². The molecule has 0 saturated heterocycles. The molecule has 2 unspecified atom stereocenters. The van der Waals surface area contributed by atoms with Gasteiger partial charge < -0.3 is 0 Å². The first kappa shape index (κ1) is 15.5. The first-order valence-electron chi connectivity index (χ1n) is 7.14. The second-order valence-corrected chi connectivity index (χ2v) is 7.72. The summed E-state index contributed by atoms with van der Waals surface area (Å²) >= 11 is 0.459. The molecule has 0 saturated carbocycles. The fourth-order valence-corrected chi connectivity index (χ4v) is 4.09. The summed E-state index contributed by atoms with van der Waals surface area (Å²) in [7, 11) is 0. The zero-order chi connectivity index (χ0) is 14.4. The Morgan fingerprint density at radius 3 is 2.80 bits per heavy atom. The third-order valence-corrected chi connectivity index (χ3v) is 5.67. The van der Waals surface area contributed by atoms with Crippen LogP contribution in [0.2, 0.25) is 5.32 Å². The maximum absolute atomic E-state index is 11.7. The van der Waals surface area contributed by atoms with Crippen LogP contribution in [-0.2, 0) is 9.53 Å². The quantitative estimate of drug-likeness (QED) is 0.453. The molecule has 1 aromatic rings. The second-order valence-electron chi connectivity index (χ2n) is 5.27. The van der Waals surface area contributed by atoms with Gasteiger partial charge >= 0.3 is 127 Å². The summed E-state index contributed by atoms with van der Waals surface area (Å²) < 4.78 is 7.37. The summed E-state index contributed by atoms with van der Waals surface area (Å²) in [5, 5.41) is 1.06. The van der Waals surface area contributed by atoms with E-state index < -0.39 is 0 Å². The maximum atomic E-state index is 11.7. The average molecular weight is 337 g/mol. The molecular weight excluding hydrogens is 315 g/mol. The molecular formula is C17H22O2Se. The van der Waals surface area contributed by atoms with Crippen molar-refractivity contribution in [1.82, 2.24) is 0 Å². The van der Waals surface area contributed by atoms with Crippen LogP contribution in [0.25, 0.3) is 0 Å². The molecule has 1 aliphatic carbocycles. The summed E-state index contributed by atoms with van der Waals surface area (Å²) in [6, 6.07) is 10.5. The van der Waals surface area contributed by atoms with E-state index in [1.54, 1.807) is 6.92 Å². The van der Waals surface area contributed by atoms with Crippen LogP contribution in [0, 0.1) is 5.92 Å². The molecule has 0 fully saturated rings. The fraction of sp³-hybridized carbons (Fsp3) is 0.471. The van der Waals surface area contributed by atoms with Gasteiger partial charge in [0.2, 0.25) is 0 Å². The van der Waals surface area contributed by atoms with Crippen molar-refractivity contribution in [2.45, 2.75) is 38.1 Å². The van der Waals surface area contributed by atoms with Crippen molar-refractivity contribution in [3.05, 3.63) is 42.0 Å². The third kappa shape index (κ3) is 4.59. The number of allylic oxidation sites excluding steroid dienone is 1. The van der Waals surface area contributed by atoms with Gasteiger partial charge in [-0.25, -0.2) is 0 Å². The molecule has 2 atom stereocenters. The molecule has 0 aliphatic heterocycles. The molecule has 20 heavy (non-hydrogen) atoms. The monoisotopic (exact) mass is 338 g/mol. The Morgan fingerprint density at radius 1 is 1.35 bits per heavy atom. The van der Waals surface area contributed by atoms with Crippen LogP contribution in [0.1, 0.15) is 26.7 Å². The van der Waals surface area contributed by atoms with Crippen LogP contribution in [0.3, 0.4) is 0 Å².